The number of benzene rings is 1. The minimum Gasteiger partial charge on any atom is -0.462 e. The maximum atomic E-state index is 13.2. The van der Waals surface area contributed by atoms with Crippen LogP contribution in [0.1, 0.15) is 23.2 Å². The van der Waals surface area contributed by atoms with E-state index in [1.165, 1.54) is 0 Å². The molecular formula is C11H9F5O3. The minimum absolute atomic E-state index is 0.180. The lowest BCUT2D eigenvalue weighted by atomic mass is 10.1. The van der Waals surface area contributed by atoms with E-state index in [0.29, 0.717) is 0 Å². The number of esters is 1. The second-order valence-corrected chi connectivity index (χ2v) is 3.51. The lowest BCUT2D eigenvalue weighted by Crippen LogP contribution is -2.15. The van der Waals surface area contributed by atoms with Crippen LogP contribution in [0.25, 0.3) is 0 Å². The molecule has 1 aromatic carbocycles. The van der Waals surface area contributed by atoms with Crippen molar-refractivity contribution in [1.29, 1.82) is 0 Å². The maximum Gasteiger partial charge on any atom is 0.344 e. The van der Waals surface area contributed by atoms with Crippen LogP contribution < -0.4 is 0 Å². The summed E-state index contributed by atoms with van der Waals surface area (Å²) in [4.78, 5) is 11.2. The highest BCUT2D eigenvalue weighted by atomic mass is 19.2. The van der Waals surface area contributed by atoms with Crippen LogP contribution in [0.3, 0.4) is 0 Å². The second-order valence-electron chi connectivity index (χ2n) is 3.51. The van der Waals surface area contributed by atoms with Crippen molar-refractivity contribution >= 4 is 5.97 Å². The first-order valence-corrected chi connectivity index (χ1v) is 5.21. The number of carbonyl (C=O) groups excluding carboxylic acids is 1. The largest absolute Gasteiger partial charge is 0.462 e. The van der Waals surface area contributed by atoms with E-state index in [1.807, 2.05) is 0 Å². The Labute approximate surface area is 104 Å². The van der Waals surface area contributed by atoms with Crippen LogP contribution in [-0.2, 0) is 4.74 Å². The van der Waals surface area contributed by atoms with E-state index in [2.05, 4.69) is 4.74 Å². The van der Waals surface area contributed by atoms with E-state index in [4.69, 9.17) is 5.11 Å². The van der Waals surface area contributed by atoms with Gasteiger partial charge in [0.15, 0.2) is 23.3 Å². The van der Waals surface area contributed by atoms with Gasteiger partial charge in [-0.05, 0) is 12.8 Å². The van der Waals surface area contributed by atoms with Gasteiger partial charge in [-0.1, -0.05) is 0 Å². The molecule has 1 N–H and O–H groups in total. The molecule has 8 heteroatoms. The number of aliphatic hydroxyl groups is 1. The Morgan fingerprint density at radius 2 is 1.37 bits per heavy atom. The van der Waals surface area contributed by atoms with E-state index < -0.39 is 40.6 Å². The Morgan fingerprint density at radius 3 is 1.84 bits per heavy atom. The topological polar surface area (TPSA) is 46.5 Å². The fourth-order valence-electron chi connectivity index (χ4n) is 1.24. The summed E-state index contributed by atoms with van der Waals surface area (Å²) in [6.45, 7) is -0.487. The van der Waals surface area contributed by atoms with Crippen molar-refractivity contribution < 1.29 is 36.6 Å². The predicted octanol–water partition coefficient (Wildman–Crippen LogP) is 2.31. The number of aliphatic hydroxyl groups excluding tert-OH is 1. The fraction of sp³-hybridized carbons (Fsp3) is 0.364. The lowest BCUT2D eigenvalue weighted by Gasteiger charge is -2.08. The Balaban J connectivity index is 2.97. The third-order valence-corrected chi connectivity index (χ3v) is 2.20. The van der Waals surface area contributed by atoms with Crippen molar-refractivity contribution in [3.63, 3.8) is 0 Å². The number of ether oxygens (including phenoxy) is 1. The van der Waals surface area contributed by atoms with Gasteiger partial charge < -0.3 is 9.84 Å². The zero-order chi connectivity index (χ0) is 14.6. The van der Waals surface area contributed by atoms with Gasteiger partial charge in [-0.25, -0.2) is 26.7 Å². The van der Waals surface area contributed by atoms with Gasteiger partial charge in [0.25, 0.3) is 0 Å². The summed E-state index contributed by atoms with van der Waals surface area (Å²) in [6.07, 6.45) is 0.460. The summed E-state index contributed by atoms with van der Waals surface area (Å²) in [6, 6.07) is 0. The monoisotopic (exact) mass is 284 g/mol. The van der Waals surface area contributed by atoms with Gasteiger partial charge in [-0.15, -0.1) is 0 Å². The van der Waals surface area contributed by atoms with E-state index in [-0.39, 0.29) is 26.1 Å². The smallest absolute Gasteiger partial charge is 0.344 e. The average molecular weight is 284 g/mol. The molecule has 0 aliphatic carbocycles. The van der Waals surface area contributed by atoms with Crippen LogP contribution in [0.2, 0.25) is 0 Å². The summed E-state index contributed by atoms with van der Waals surface area (Å²) < 4.78 is 69.0. The molecule has 0 aliphatic rings. The van der Waals surface area contributed by atoms with Crippen molar-refractivity contribution in [3.8, 4) is 0 Å². The molecule has 0 heterocycles. The normalized spacial score (nSPS) is 10.6. The first kappa shape index (κ1) is 15.4. The van der Waals surface area contributed by atoms with Crippen LogP contribution in [0, 0.1) is 29.1 Å². The number of hydrogen-bond acceptors (Lipinski definition) is 3. The molecule has 0 aliphatic heterocycles. The van der Waals surface area contributed by atoms with E-state index in [1.54, 1.807) is 0 Å². The van der Waals surface area contributed by atoms with Gasteiger partial charge in [0.2, 0.25) is 5.82 Å². The number of halogens is 5. The highest BCUT2D eigenvalue weighted by Crippen LogP contribution is 2.23. The molecule has 0 bridgehead atoms. The number of rotatable bonds is 5. The SMILES string of the molecule is O=C(OCCCCO)c1c(F)c(F)c(F)c(F)c1F. The first-order valence-electron chi connectivity index (χ1n) is 5.21. The molecule has 0 spiro atoms. The molecule has 3 nitrogen and oxygen atoms in total. The summed E-state index contributed by atoms with van der Waals surface area (Å²) in [5.41, 5.74) is -1.62. The quantitative estimate of drug-likeness (QED) is 0.297. The van der Waals surface area contributed by atoms with Crippen molar-refractivity contribution in [2.75, 3.05) is 13.2 Å². The molecule has 0 saturated carbocycles. The van der Waals surface area contributed by atoms with Gasteiger partial charge in [-0.2, -0.15) is 0 Å². The zero-order valence-corrected chi connectivity index (χ0v) is 9.48. The van der Waals surface area contributed by atoms with Crippen molar-refractivity contribution in [2.45, 2.75) is 12.8 Å². The van der Waals surface area contributed by atoms with Crippen molar-refractivity contribution in [2.24, 2.45) is 0 Å². The van der Waals surface area contributed by atoms with Crippen molar-refractivity contribution in [3.05, 3.63) is 34.6 Å². The van der Waals surface area contributed by atoms with E-state index >= 15 is 0 Å². The summed E-state index contributed by atoms with van der Waals surface area (Å²) in [7, 11) is 0. The summed E-state index contributed by atoms with van der Waals surface area (Å²) in [5.74, 6) is -12.9. The fourth-order valence-corrected chi connectivity index (χ4v) is 1.24. The third-order valence-electron chi connectivity index (χ3n) is 2.20. The molecule has 0 amide bonds. The Bertz CT molecular complexity index is 461. The highest BCUT2D eigenvalue weighted by molar-refractivity contribution is 5.90. The molecule has 0 unspecified atom stereocenters. The van der Waals surface area contributed by atoms with Crippen LogP contribution >= 0.6 is 0 Å². The minimum atomic E-state index is -2.34. The molecule has 0 fully saturated rings. The lowest BCUT2D eigenvalue weighted by molar-refractivity contribution is 0.0478. The molecular weight excluding hydrogens is 275 g/mol. The van der Waals surface area contributed by atoms with Gasteiger partial charge in [0, 0.05) is 6.61 Å². The maximum absolute atomic E-state index is 13.2. The molecule has 106 valence electrons. The Kier molecular flexibility index (Phi) is 5.22. The number of carbonyl (C=O) groups is 1. The van der Waals surface area contributed by atoms with Crippen LogP contribution in [-0.4, -0.2) is 24.3 Å². The van der Waals surface area contributed by atoms with Crippen LogP contribution in [0.4, 0.5) is 22.0 Å². The van der Waals surface area contributed by atoms with Gasteiger partial charge >= 0.3 is 5.97 Å². The molecule has 0 saturated heterocycles. The number of unbranched alkanes of at least 4 members (excludes halogenated alkanes) is 1. The number of hydrogen-bond donors (Lipinski definition) is 1. The Morgan fingerprint density at radius 1 is 0.895 bits per heavy atom. The molecule has 1 aromatic rings. The highest BCUT2D eigenvalue weighted by Gasteiger charge is 2.30. The molecule has 0 aromatic heterocycles. The average Bonchev–Trinajstić information content (AvgIpc) is 2.39. The van der Waals surface area contributed by atoms with Gasteiger partial charge in [-0.3, -0.25) is 0 Å². The molecule has 1 rings (SSSR count). The van der Waals surface area contributed by atoms with Gasteiger partial charge in [0.05, 0.1) is 6.61 Å². The third kappa shape index (κ3) is 3.19. The Hall–Kier alpha value is -1.70. The van der Waals surface area contributed by atoms with Crippen molar-refractivity contribution in [1.82, 2.24) is 0 Å². The van der Waals surface area contributed by atoms with E-state index in [9.17, 15) is 26.7 Å². The second kappa shape index (κ2) is 6.46. The van der Waals surface area contributed by atoms with Gasteiger partial charge in [0.1, 0.15) is 5.56 Å². The van der Waals surface area contributed by atoms with Crippen LogP contribution in [0.5, 0.6) is 0 Å². The van der Waals surface area contributed by atoms with E-state index in [0.717, 1.165) is 0 Å². The first-order chi connectivity index (χ1) is 8.91. The summed E-state index contributed by atoms with van der Waals surface area (Å²) >= 11 is 0. The molecule has 0 atom stereocenters. The standard InChI is InChI=1S/C11H9F5O3/c12-6-5(11(18)19-4-2-1-3-17)7(13)9(15)10(16)8(6)14/h17H,1-4H2. The van der Waals surface area contributed by atoms with Crippen LogP contribution in [0.15, 0.2) is 0 Å². The predicted molar refractivity (Wildman–Crippen MR) is 52.8 cm³/mol. The zero-order valence-electron chi connectivity index (χ0n) is 9.48. The summed E-state index contributed by atoms with van der Waals surface area (Å²) in [5, 5.41) is 8.44. The molecule has 0 radical (unpaired) electrons. The molecule has 19 heavy (non-hydrogen) atoms.